The molecular weight excluding hydrogens is 276 g/mol. The van der Waals surface area contributed by atoms with Gasteiger partial charge in [0.15, 0.2) is 6.10 Å². The van der Waals surface area contributed by atoms with Gasteiger partial charge in [-0.15, -0.1) is 6.42 Å². The number of nitrogens with one attached hydrogen (secondary N) is 2. The van der Waals surface area contributed by atoms with Crippen LogP contribution in [0, 0.1) is 12.3 Å². The fourth-order valence-corrected chi connectivity index (χ4v) is 1.78. The molecule has 0 aromatic heterocycles. The summed E-state index contributed by atoms with van der Waals surface area (Å²) in [5, 5.41) is 6.42. The molecule has 0 aliphatic rings. The molecule has 1 aromatic carbocycles. The molecule has 0 saturated heterocycles. The largest absolute Gasteiger partial charge is 0.481 e. The first-order valence-corrected chi connectivity index (χ1v) is 6.83. The van der Waals surface area contributed by atoms with Crippen LogP contribution in [0.2, 0.25) is 5.02 Å². The second kappa shape index (κ2) is 8.47. The number of ether oxygens (including phenoxy) is 1. The molecule has 0 heterocycles. The van der Waals surface area contributed by atoms with E-state index in [0.717, 1.165) is 12.1 Å². The van der Waals surface area contributed by atoms with Gasteiger partial charge < -0.3 is 15.4 Å². The van der Waals surface area contributed by atoms with Crippen molar-refractivity contribution in [2.24, 2.45) is 0 Å². The molecule has 1 amide bonds. The first-order valence-electron chi connectivity index (χ1n) is 6.45. The molecule has 1 rings (SSSR count). The zero-order valence-electron chi connectivity index (χ0n) is 11.7. The van der Waals surface area contributed by atoms with Crippen molar-refractivity contribution in [2.75, 3.05) is 13.1 Å². The highest BCUT2D eigenvalue weighted by Gasteiger charge is 2.15. The third kappa shape index (κ3) is 5.12. The Labute approximate surface area is 124 Å². The van der Waals surface area contributed by atoms with Gasteiger partial charge in [-0.1, -0.05) is 24.4 Å². The molecule has 108 valence electrons. The normalized spacial score (nSPS) is 11.5. The molecule has 0 fully saturated rings. The lowest BCUT2D eigenvalue weighted by atomic mass is 10.2. The average Bonchev–Trinajstić information content (AvgIpc) is 2.44. The molecule has 0 spiro atoms. The zero-order valence-corrected chi connectivity index (χ0v) is 12.5. The van der Waals surface area contributed by atoms with E-state index >= 15 is 0 Å². The van der Waals surface area contributed by atoms with Crippen molar-refractivity contribution in [1.82, 2.24) is 10.6 Å². The number of carbonyl (C=O) groups excluding carboxylic acids is 1. The first kappa shape index (κ1) is 16.4. The molecule has 1 unspecified atom stereocenters. The molecule has 0 radical (unpaired) electrons. The van der Waals surface area contributed by atoms with Gasteiger partial charge in [0.25, 0.3) is 5.91 Å². The van der Waals surface area contributed by atoms with E-state index in [1.54, 1.807) is 19.1 Å². The number of amides is 1. The van der Waals surface area contributed by atoms with E-state index in [1.165, 1.54) is 0 Å². The maximum atomic E-state index is 11.7. The number of carbonyl (C=O) groups is 1. The molecule has 0 aliphatic carbocycles. The third-order valence-corrected chi connectivity index (χ3v) is 2.86. The Morgan fingerprint density at radius 1 is 1.55 bits per heavy atom. The van der Waals surface area contributed by atoms with Crippen molar-refractivity contribution in [1.29, 1.82) is 0 Å². The fourth-order valence-electron chi connectivity index (χ4n) is 1.59. The number of hydrogen-bond acceptors (Lipinski definition) is 3. The van der Waals surface area contributed by atoms with Crippen molar-refractivity contribution in [2.45, 2.75) is 26.5 Å². The molecule has 4 nitrogen and oxygen atoms in total. The third-order valence-electron chi connectivity index (χ3n) is 2.63. The minimum Gasteiger partial charge on any atom is -0.481 e. The van der Waals surface area contributed by atoms with Crippen LogP contribution in [-0.4, -0.2) is 25.1 Å². The summed E-state index contributed by atoms with van der Waals surface area (Å²) < 4.78 is 5.68. The number of terminal acetylenes is 1. The molecule has 0 bridgehead atoms. The monoisotopic (exact) mass is 294 g/mol. The van der Waals surface area contributed by atoms with Crippen LogP contribution >= 0.6 is 11.6 Å². The van der Waals surface area contributed by atoms with E-state index in [9.17, 15) is 4.79 Å². The van der Waals surface area contributed by atoms with Gasteiger partial charge in [0.05, 0.1) is 6.54 Å². The lowest BCUT2D eigenvalue weighted by molar-refractivity contribution is -0.127. The van der Waals surface area contributed by atoms with Gasteiger partial charge in [-0.05, 0) is 31.7 Å². The summed E-state index contributed by atoms with van der Waals surface area (Å²) >= 11 is 5.98. The number of rotatable bonds is 7. The van der Waals surface area contributed by atoms with Crippen LogP contribution < -0.4 is 15.4 Å². The molecule has 1 aromatic rings. The zero-order chi connectivity index (χ0) is 15.0. The summed E-state index contributed by atoms with van der Waals surface area (Å²) in [6.07, 6.45) is 4.48. The Kier molecular flexibility index (Phi) is 6.92. The van der Waals surface area contributed by atoms with Crippen LogP contribution in [0.3, 0.4) is 0 Å². The summed E-state index contributed by atoms with van der Waals surface area (Å²) in [4.78, 5) is 11.7. The molecular formula is C15H19ClN2O2. The van der Waals surface area contributed by atoms with Crippen molar-refractivity contribution in [3.63, 3.8) is 0 Å². The lowest BCUT2D eigenvalue weighted by Gasteiger charge is -2.17. The number of hydrogen-bond donors (Lipinski definition) is 2. The average molecular weight is 295 g/mol. The van der Waals surface area contributed by atoms with Crippen molar-refractivity contribution in [3.8, 4) is 18.1 Å². The second-order valence-electron chi connectivity index (χ2n) is 4.21. The van der Waals surface area contributed by atoms with Gasteiger partial charge in [0, 0.05) is 17.1 Å². The number of benzene rings is 1. The molecule has 5 heteroatoms. The highest BCUT2D eigenvalue weighted by molar-refractivity contribution is 6.30. The Bertz CT molecular complexity index is 497. The number of halogens is 1. The van der Waals surface area contributed by atoms with Crippen LogP contribution in [0.15, 0.2) is 18.2 Å². The van der Waals surface area contributed by atoms with Crippen LogP contribution in [0.1, 0.15) is 19.4 Å². The van der Waals surface area contributed by atoms with Gasteiger partial charge >= 0.3 is 0 Å². The SMILES string of the molecule is C#CCNC(=O)C(C)Oc1ccc(Cl)cc1CNCC. The molecule has 0 saturated carbocycles. The van der Waals surface area contributed by atoms with E-state index in [2.05, 4.69) is 16.6 Å². The predicted octanol–water partition coefficient (Wildman–Crippen LogP) is 1.97. The summed E-state index contributed by atoms with van der Waals surface area (Å²) in [5.74, 6) is 2.74. The quantitative estimate of drug-likeness (QED) is 0.756. The fraction of sp³-hybridized carbons (Fsp3) is 0.400. The standard InChI is InChI=1S/C15H19ClN2O2/c1-4-8-18-15(19)11(3)20-14-7-6-13(16)9-12(14)10-17-5-2/h1,6-7,9,11,17H,5,8,10H2,2-3H3,(H,18,19). The van der Waals surface area contributed by atoms with Crippen LogP contribution in [0.5, 0.6) is 5.75 Å². The van der Waals surface area contributed by atoms with Crippen LogP contribution in [0.4, 0.5) is 0 Å². The second-order valence-corrected chi connectivity index (χ2v) is 4.65. The van der Waals surface area contributed by atoms with E-state index in [1.807, 2.05) is 13.0 Å². The van der Waals surface area contributed by atoms with Gasteiger partial charge in [-0.2, -0.15) is 0 Å². The van der Waals surface area contributed by atoms with Crippen molar-refractivity contribution in [3.05, 3.63) is 28.8 Å². The van der Waals surface area contributed by atoms with Crippen molar-refractivity contribution >= 4 is 17.5 Å². The van der Waals surface area contributed by atoms with E-state index < -0.39 is 6.10 Å². The van der Waals surface area contributed by atoms with Crippen LogP contribution in [0.25, 0.3) is 0 Å². The lowest BCUT2D eigenvalue weighted by Crippen LogP contribution is -2.36. The van der Waals surface area contributed by atoms with Crippen molar-refractivity contribution < 1.29 is 9.53 Å². The summed E-state index contributed by atoms with van der Waals surface area (Å²) in [6, 6.07) is 5.32. The minimum atomic E-state index is -0.620. The molecule has 1 atom stereocenters. The maximum absolute atomic E-state index is 11.7. The van der Waals surface area contributed by atoms with Gasteiger partial charge in [0.2, 0.25) is 0 Å². The summed E-state index contributed by atoms with van der Waals surface area (Å²) in [7, 11) is 0. The summed E-state index contributed by atoms with van der Waals surface area (Å²) in [6.45, 7) is 5.35. The molecule has 0 aliphatic heterocycles. The maximum Gasteiger partial charge on any atom is 0.261 e. The van der Waals surface area contributed by atoms with Gasteiger partial charge in [-0.3, -0.25) is 4.79 Å². The van der Waals surface area contributed by atoms with E-state index in [0.29, 0.717) is 17.3 Å². The van der Waals surface area contributed by atoms with Crippen LogP contribution in [-0.2, 0) is 11.3 Å². The predicted molar refractivity (Wildman–Crippen MR) is 80.8 cm³/mol. The molecule has 20 heavy (non-hydrogen) atoms. The van der Waals surface area contributed by atoms with E-state index in [-0.39, 0.29) is 12.5 Å². The minimum absolute atomic E-state index is 0.192. The van der Waals surface area contributed by atoms with E-state index in [4.69, 9.17) is 22.8 Å². The smallest absolute Gasteiger partial charge is 0.261 e. The Hall–Kier alpha value is -1.70. The Morgan fingerprint density at radius 3 is 2.95 bits per heavy atom. The van der Waals surface area contributed by atoms with Gasteiger partial charge in [0.1, 0.15) is 5.75 Å². The highest BCUT2D eigenvalue weighted by atomic mass is 35.5. The Balaban J connectivity index is 2.75. The van der Waals surface area contributed by atoms with Gasteiger partial charge in [-0.25, -0.2) is 0 Å². The summed E-state index contributed by atoms with van der Waals surface area (Å²) in [5.41, 5.74) is 0.913. The molecule has 2 N–H and O–H groups in total. The Morgan fingerprint density at radius 2 is 2.30 bits per heavy atom. The highest BCUT2D eigenvalue weighted by Crippen LogP contribution is 2.23. The topological polar surface area (TPSA) is 50.4 Å². The first-order chi connectivity index (χ1) is 9.58.